The average Bonchev–Trinajstić information content (AvgIpc) is 2.71. The third-order valence-corrected chi connectivity index (χ3v) is 4.63. The zero-order valence-electron chi connectivity index (χ0n) is 17.0. The molecule has 7 nitrogen and oxygen atoms in total. The Morgan fingerprint density at radius 2 is 1.72 bits per heavy atom. The SMILES string of the molecule is CC(=O)CCC(=O)c1c(O)c2ccc(Oc3ccccc3OC(F)(F)F)cc2n(C)c1=O. The van der Waals surface area contributed by atoms with Gasteiger partial charge in [0.1, 0.15) is 22.8 Å². The van der Waals surface area contributed by atoms with Crippen molar-refractivity contribution in [2.45, 2.75) is 26.1 Å². The van der Waals surface area contributed by atoms with Crippen molar-refractivity contribution >= 4 is 22.5 Å². The maximum Gasteiger partial charge on any atom is 0.573 e. The van der Waals surface area contributed by atoms with Crippen LogP contribution in [-0.2, 0) is 11.8 Å². The molecule has 1 aromatic heterocycles. The summed E-state index contributed by atoms with van der Waals surface area (Å²) >= 11 is 0. The second-order valence-corrected chi connectivity index (χ2v) is 6.99. The summed E-state index contributed by atoms with van der Waals surface area (Å²) in [5, 5.41) is 10.7. The number of fused-ring (bicyclic) bond motifs is 1. The van der Waals surface area contributed by atoms with Crippen molar-refractivity contribution in [1.29, 1.82) is 0 Å². The van der Waals surface area contributed by atoms with Crippen LogP contribution < -0.4 is 15.0 Å². The first-order valence-corrected chi connectivity index (χ1v) is 9.39. The van der Waals surface area contributed by atoms with E-state index in [1.807, 2.05) is 0 Å². The number of Topliss-reactive ketones (excluding diaryl/α,β-unsaturated/α-hetero) is 2. The van der Waals surface area contributed by atoms with E-state index in [2.05, 4.69) is 4.74 Å². The molecule has 168 valence electrons. The number of pyridine rings is 1. The second kappa shape index (κ2) is 8.74. The van der Waals surface area contributed by atoms with Gasteiger partial charge in [0.25, 0.3) is 5.56 Å². The molecule has 0 aliphatic carbocycles. The van der Waals surface area contributed by atoms with Crippen molar-refractivity contribution in [1.82, 2.24) is 4.57 Å². The van der Waals surface area contributed by atoms with E-state index in [0.29, 0.717) is 0 Å². The number of halogens is 3. The summed E-state index contributed by atoms with van der Waals surface area (Å²) in [5.41, 5.74) is -1.03. The topological polar surface area (TPSA) is 94.8 Å². The van der Waals surface area contributed by atoms with Crippen molar-refractivity contribution in [2.24, 2.45) is 7.05 Å². The summed E-state index contributed by atoms with van der Waals surface area (Å²) in [4.78, 5) is 36.2. The number of carbonyl (C=O) groups is 2. The molecule has 32 heavy (non-hydrogen) atoms. The van der Waals surface area contributed by atoms with Gasteiger partial charge in [0.05, 0.1) is 5.52 Å². The van der Waals surface area contributed by atoms with Crippen LogP contribution in [0.5, 0.6) is 23.0 Å². The number of ether oxygens (including phenoxy) is 2. The van der Waals surface area contributed by atoms with Crippen molar-refractivity contribution in [2.75, 3.05) is 0 Å². The molecule has 0 aliphatic rings. The van der Waals surface area contributed by atoms with Crippen LogP contribution in [0.2, 0.25) is 0 Å². The number of aryl methyl sites for hydroxylation is 1. The van der Waals surface area contributed by atoms with Gasteiger partial charge in [0.15, 0.2) is 17.3 Å². The molecule has 0 spiro atoms. The summed E-state index contributed by atoms with van der Waals surface area (Å²) in [5.74, 6) is -2.13. The van der Waals surface area contributed by atoms with Gasteiger partial charge in [-0.3, -0.25) is 9.59 Å². The molecule has 0 bridgehead atoms. The van der Waals surface area contributed by atoms with Crippen LogP contribution in [0.4, 0.5) is 13.2 Å². The molecule has 0 atom stereocenters. The first-order chi connectivity index (χ1) is 15.0. The van der Waals surface area contributed by atoms with E-state index < -0.39 is 34.8 Å². The number of ketones is 2. The number of nitrogens with zero attached hydrogens (tertiary/aromatic N) is 1. The standard InChI is InChI=1S/C22H18F3NO6/c1-12(27)7-10-16(28)19-20(29)14-9-8-13(11-15(14)26(2)21(19)30)31-17-5-3-4-6-18(17)32-22(23,24)25/h3-6,8-9,11,29H,7,10H2,1-2H3. The smallest absolute Gasteiger partial charge is 0.506 e. The number of benzene rings is 2. The van der Waals surface area contributed by atoms with E-state index >= 15 is 0 Å². The molecule has 10 heteroatoms. The lowest BCUT2D eigenvalue weighted by molar-refractivity contribution is -0.275. The van der Waals surface area contributed by atoms with E-state index in [1.165, 1.54) is 50.4 Å². The highest BCUT2D eigenvalue weighted by molar-refractivity contribution is 6.04. The fourth-order valence-corrected chi connectivity index (χ4v) is 3.10. The number of rotatable bonds is 7. The van der Waals surface area contributed by atoms with Gasteiger partial charge in [-0.25, -0.2) is 0 Å². The zero-order chi connectivity index (χ0) is 23.6. The minimum atomic E-state index is -4.91. The highest BCUT2D eigenvalue weighted by Crippen LogP contribution is 2.36. The van der Waals surface area contributed by atoms with Gasteiger partial charge in [-0.05, 0) is 31.2 Å². The van der Waals surface area contributed by atoms with Crippen LogP contribution >= 0.6 is 0 Å². The summed E-state index contributed by atoms with van der Waals surface area (Å²) in [6.07, 6.45) is -5.20. The summed E-state index contributed by atoms with van der Waals surface area (Å²) < 4.78 is 48.4. The quantitative estimate of drug-likeness (QED) is 0.535. The summed E-state index contributed by atoms with van der Waals surface area (Å²) in [7, 11) is 1.37. The van der Waals surface area contributed by atoms with E-state index in [1.54, 1.807) is 0 Å². The lowest BCUT2D eigenvalue weighted by atomic mass is 10.0. The van der Waals surface area contributed by atoms with E-state index in [9.17, 15) is 32.7 Å². The molecule has 0 saturated heterocycles. The lowest BCUT2D eigenvalue weighted by Crippen LogP contribution is -2.25. The molecule has 0 unspecified atom stereocenters. The predicted octanol–water partition coefficient (Wildman–Crippen LogP) is 4.49. The Hall–Kier alpha value is -3.82. The molecule has 0 saturated carbocycles. The van der Waals surface area contributed by atoms with E-state index in [0.717, 1.165) is 10.6 Å². The first kappa shape index (κ1) is 22.9. The first-order valence-electron chi connectivity index (χ1n) is 9.39. The second-order valence-electron chi connectivity index (χ2n) is 6.99. The zero-order valence-corrected chi connectivity index (χ0v) is 17.0. The molecule has 0 radical (unpaired) electrons. The van der Waals surface area contributed by atoms with Crippen LogP contribution in [0.1, 0.15) is 30.1 Å². The van der Waals surface area contributed by atoms with Crippen molar-refractivity contribution in [3.8, 4) is 23.0 Å². The molecule has 2 aromatic carbocycles. The third kappa shape index (κ3) is 4.90. The minimum absolute atomic E-state index is 0.0638. The number of carbonyl (C=O) groups excluding carboxylic acids is 2. The molecule has 3 aromatic rings. The number of aromatic hydroxyl groups is 1. The molecule has 0 aliphatic heterocycles. The average molecular weight is 449 g/mol. The van der Waals surface area contributed by atoms with Gasteiger partial charge < -0.3 is 23.9 Å². The van der Waals surface area contributed by atoms with Gasteiger partial charge in [-0.15, -0.1) is 13.2 Å². The fourth-order valence-electron chi connectivity index (χ4n) is 3.10. The molecule has 0 amide bonds. The fraction of sp³-hybridized carbons (Fsp3) is 0.227. The van der Waals surface area contributed by atoms with Crippen LogP contribution in [0.15, 0.2) is 47.3 Å². The van der Waals surface area contributed by atoms with Gasteiger partial charge in [-0.1, -0.05) is 12.1 Å². The summed E-state index contributed by atoms with van der Waals surface area (Å²) in [6.45, 7) is 1.31. The van der Waals surface area contributed by atoms with Crippen molar-refractivity contribution in [3.05, 3.63) is 58.4 Å². The predicted molar refractivity (Wildman–Crippen MR) is 108 cm³/mol. The minimum Gasteiger partial charge on any atom is -0.506 e. The van der Waals surface area contributed by atoms with Crippen molar-refractivity contribution in [3.63, 3.8) is 0 Å². The maximum atomic E-state index is 12.7. The van der Waals surface area contributed by atoms with Gasteiger partial charge in [0.2, 0.25) is 0 Å². The Morgan fingerprint density at radius 3 is 2.34 bits per heavy atom. The maximum absolute atomic E-state index is 12.7. The largest absolute Gasteiger partial charge is 0.573 e. The van der Waals surface area contributed by atoms with Crippen LogP contribution in [0, 0.1) is 0 Å². The Labute approximate surface area is 179 Å². The number of aromatic nitrogens is 1. The van der Waals surface area contributed by atoms with Crippen molar-refractivity contribution < 1.29 is 37.3 Å². The number of alkyl halides is 3. The Morgan fingerprint density at radius 1 is 1.06 bits per heavy atom. The monoisotopic (exact) mass is 449 g/mol. The van der Waals surface area contributed by atoms with Gasteiger partial charge in [0, 0.05) is 31.3 Å². The molecular weight excluding hydrogens is 431 g/mol. The summed E-state index contributed by atoms with van der Waals surface area (Å²) in [6, 6.07) is 9.24. The Balaban J connectivity index is 2.02. The van der Waals surface area contributed by atoms with Crippen LogP contribution in [0.3, 0.4) is 0 Å². The highest BCUT2D eigenvalue weighted by atomic mass is 19.4. The van der Waals surface area contributed by atoms with E-state index in [-0.39, 0.29) is 41.0 Å². The number of para-hydroxylation sites is 2. The normalized spacial score (nSPS) is 11.4. The Bertz CT molecular complexity index is 1260. The van der Waals surface area contributed by atoms with Gasteiger partial charge in [-0.2, -0.15) is 0 Å². The lowest BCUT2D eigenvalue weighted by Gasteiger charge is -2.15. The number of hydrogen-bond acceptors (Lipinski definition) is 6. The van der Waals surface area contributed by atoms with Crippen LogP contribution in [-0.4, -0.2) is 27.6 Å². The molecule has 1 N–H and O–H groups in total. The third-order valence-electron chi connectivity index (χ3n) is 4.63. The van der Waals surface area contributed by atoms with Crippen LogP contribution in [0.25, 0.3) is 10.9 Å². The van der Waals surface area contributed by atoms with Gasteiger partial charge >= 0.3 is 6.36 Å². The Kier molecular flexibility index (Phi) is 6.24. The molecule has 3 rings (SSSR count). The molecule has 0 fully saturated rings. The molecular formula is C22H18F3NO6. The number of hydrogen-bond donors (Lipinski definition) is 1. The highest BCUT2D eigenvalue weighted by Gasteiger charge is 2.32. The van der Waals surface area contributed by atoms with E-state index in [4.69, 9.17) is 4.74 Å². The molecule has 1 heterocycles.